The molecule has 0 amide bonds. The number of thiazole rings is 1. The molecule has 1 aromatic heterocycles. The molecule has 0 radical (unpaired) electrons. The van der Waals surface area contributed by atoms with Crippen molar-refractivity contribution < 1.29 is 0 Å². The second-order valence-electron chi connectivity index (χ2n) is 5.22. The Hall–Kier alpha value is -1.19. The average Bonchev–Trinajstić information content (AvgIpc) is 3.17. The van der Waals surface area contributed by atoms with Crippen LogP contribution in [0.5, 0.6) is 0 Å². The van der Waals surface area contributed by atoms with Gasteiger partial charge in [-0.3, -0.25) is 0 Å². The van der Waals surface area contributed by atoms with Crippen molar-refractivity contribution in [3.63, 3.8) is 0 Å². The molecule has 19 heavy (non-hydrogen) atoms. The van der Waals surface area contributed by atoms with Crippen LogP contribution in [0.4, 0.5) is 0 Å². The van der Waals surface area contributed by atoms with Crippen molar-refractivity contribution >= 4 is 11.3 Å². The Bertz CT molecular complexity index is 555. The maximum absolute atomic E-state index is 4.94. The summed E-state index contributed by atoms with van der Waals surface area (Å²) in [6.07, 6.45) is 3.51. The second kappa shape index (κ2) is 5.06. The van der Waals surface area contributed by atoms with Crippen molar-refractivity contribution in [2.45, 2.75) is 38.1 Å². The van der Waals surface area contributed by atoms with E-state index in [-0.39, 0.29) is 5.41 Å². The monoisotopic (exact) mass is 272 g/mol. The Morgan fingerprint density at radius 3 is 2.58 bits per heavy atom. The lowest BCUT2D eigenvalue weighted by Crippen LogP contribution is -2.07. The normalized spacial score (nSPS) is 16.5. The summed E-state index contributed by atoms with van der Waals surface area (Å²) in [6.45, 7) is 3.13. The first-order valence-electron chi connectivity index (χ1n) is 6.99. The molecule has 1 aliphatic carbocycles. The maximum atomic E-state index is 4.94. The smallest absolute Gasteiger partial charge is 0.104 e. The van der Waals surface area contributed by atoms with E-state index in [1.807, 2.05) is 18.4 Å². The molecule has 2 nitrogen and oxygen atoms in total. The molecule has 1 saturated carbocycles. The fourth-order valence-electron chi connectivity index (χ4n) is 2.67. The summed E-state index contributed by atoms with van der Waals surface area (Å²) in [4.78, 5) is 6.34. The van der Waals surface area contributed by atoms with Crippen molar-refractivity contribution in [3.05, 3.63) is 51.5 Å². The van der Waals surface area contributed by atoms with E-state index in [4.69, 9.17) is 4.98 Å². The molecule has 0 atom stereocenters. The van der Waals surface area contributed by atoms with Gasteiger partial charge >= 0.3 is 0 Å². The van der Waals surface area contributed by atoms with E-state index in [1.54, 1.807) is 0 Å². The van der Waals surface area contributed by atoms with E-state index in [0.717, 1.165) is 13.0 Å². The molecule has 100 valence electrons. The summed E-state index contributed by atoms with van der Waals surface area (Å²) in [5.41, 5.74) is 2.93. The van der Waals surface area contributed by atoms with Gasteiger partial charge in [0.2, 0.25) is 0 Å². The Kier molecular flexibility index (Phi) is 3.42. The highest BCUT2D eigenvalue weighted by molar-refractivity contribution is 7.12. The van der Waals surface area contributed by atoms with Crippen LogP contribution in [0.15, 0.2) is 30.3 Å². The van der Waals surface area contributed by atoms with E-state index >= 15 is 0 Å². The molecule has 1 fully saturated rings. The summed E-state index contributed by atoms with van der Waals surface area (Å²) < 4.78 is 0. The summed E-state index contributed by atoms with van der Waals surface area (Å²) in [7, 11) is 2.00. The summed E-state index contributed by atoms with van der Waals surface area (Å²) in [5.74, 6) is 0. The molecule has 0 saturated heterocycles. The topological polar surface area (TPSA) is 24.9 Å². The SMILES string of the molecule is CCc1nc(C2(c3ccccc3)CC2)sc1CNC. The van der Waals surface area contributed by atoms with Crippen LogP contribution in [0.3, 0.4) is 0 Å². The van der Waals surface area contributed by atoms with E-state index in [1.165, 1.54) is 34.0 Å². The zero-order valence-corrected chi connectivity index (χ0v) is 12.4. The van der Waals surface area contributed by atoms with Crippen molar-refractivity contribution in [2.24, 2.45) is 0 Å². The highest BCUT2D eigenvalue weighted by Crippen LogP contribution is 2.54. The Morgan fingerprint density at radius 2 is 2.00 bits per heavy atom. The van der Waals surface area contributed by atoms with E-state index < -0.39 is 0 Å². The second-order valence-corrected chi connectivity index (χ2v) is 6.30. The number of aryl methyl sites for hydroxylation is 1. The summed E-state index contributed by atoms with van der Waals surface area (Å²) in [6, 6.07) is 10.9. The molecule has 3 heteroatoms. The summed E-state index contributed by atoms with van der Waals surface area (Å²) >= 11 is 1.90. The first kappa shape index (κ1) is 12.8. The van der Waals surface area contributed by atoms with Crippen LogP contribution < -0.4 is 5.32 Å². The van der Waals surface area contributed by atoms with Gasteiger partial charge in [-0.1, -0.05) is 37.3 Å². The minimum absolute atomic E-state index is 0.224. The Labute approximate surface area is 118 Å². The molecule has 1 heterocycles. The highest BCUT2D eigenvalue weighted by Gasteiger charge is 2.48. The molecular formula is C16H20N2S. The van der Waals surface area contributed by atoms with Crippen LogP contribution >= 0.6 is 11.3 Å². The molecular weight excluding hydrogens is 252 g/mol. The fraction of sp³-hybridized carbons (Fsp3) is 0.438. The molecule has 0 spiro atoms. The molecule has 2 aromatic rings. The zero-order chi connectivity index (χ0) is 13.3. The van der Waals surface area contributed by atoms with E-state index in [2.05, 4.69) is 42.6 Å². The lowest BCUT2D eigenvalue weighted by atomic mass is 9.97. The Balaban J connectivity index is 1.98. The van der Waals surface area contributed by atoms with Crippen LogP contribution in [0.2, 0.25) is 0 Å². The summed E-state index contributed by atoms with van der Waals surface area (Å²) in [5, 5.41) is 4.57. The van der Waals surface area contributed by atoms with Gasteiger partial charge in [0, 0.05) is 16.8 Å². The lowest BCUT2D eigenvalue weighted by Gasteiger charge is -2.12. The van der Waals surface area contributed by atoms with Crippen molar-refractivity contribution in [3.8, 4) is 0 Å². The molecule has 1 aliphatic rings. The van der Waals surface area contributed by atoms with Crippen LogP contribution in [0.1, 0.15) is 40.9 Å². The maximum Gasteiger partial charge on any atom is 0.104 e. The molecule has 3 rings (SSSR count). The lowest BCUT2D eigenvalue weighted by molar-refractivity contribution is 0.801. The van der Waals surface area contributed by atoms with Crippen molar-refractivity contribution in [1.82, 2.24) is 10.3 Å². The van der Waals surface area contributed by atoms with Crippen LogP contribution in [-0.2, 0) is 18.4 Å². The molecule has 0 aliphatic heterocycles. The predicted molar refractivity (Wildman–Crippen MR) is 80.7 cm³/mol. The van der Waals surface area contributed by atoms with Gasteiger partial charge in [0.15, 0.2) is 0 Å². The average molecular weight is 272 g/mol. The number of nitrogens with one attached hydrogen (secondary N) is 1. The van der Waals surface area contributed by atoms with Gasteiger partial charge in [0.05, 0.1) is 5.69 Å². The molecule has 1 N–H and O–H groups in total. The first-order valence-corrected chi connectivity index (χ1v) is 7.81. The third-order valence-corrected chi connectivity index (χ3v) is 5.24. The first-order chi connectivity index (χ1) is 9.30. The molecule has 0 unspecified atom stereocenters. The van der Waals surface area contributed by atoms with Gasteiger partial charge < -0.3 is 5.32 Å². The number of rotatable bonds is 5. The minimum atomic E-state index is 0.224. The van der Waals surface area contributed by atoms with Gasteiger partial charge in [-0.2, -0.15) is 0 Å². The fourth-order valence-corrected chi connectivity index (χ4v) is 4.10. The third kappa shape index (κ3) is 2.21. The van der Waals surface area contributed by atoms with Gasteiger partial charge in [-0.25, -0.2) is 4.98 Å². The molecule has 1 aromatic carbocycles. The zero-order valence-electron chi connectivity index (χ0n) is 11.6. The standard InChI is InChI=1S/C16H20N2S/c1-3-13-14(11-17-2)19-15(18-13)16(9-10-16)12-7-5-4-6-8-12/h4-8,17H,3,9-11H2,1-2H3. The van der Waals surface area contributed by atoms with E-state index in [0.29, 0.717) is 0 Å². The number of aromatic nitrogens is 1. The highest BCUT2D eigenvalue weighted by atomic mass is 32.1. The van der Waals surface area contributed by atoms with Gasteiger partial charge in [0.25, 0.3) is 0 Å². The van der Waals surface area contributed by atoms with Gasteiger partial charge in [0.1, 0.15) is 5.01 Å². The van der Waals surface area contributed by atoms with Crippen molar-refractivity contribution in [1.29, 1.82) is 0 Å². The number of benzene rings is 1. The van der Waals surface area contributed by atoms with Gasteiger partial charge in [-0.05, 0) is 31.9 Å². The molecule has 0 bridgehead atoms. The minimum Gasteiger partial charge on any atom is -0.315 e. The van der Waals surface area contributed by atoms with Crippen LogP contribution in [0.25, 0.3) is 0 Å². The number of hydrogen-bond acceptors (Lipinski definition) is 3. The quantitative estimate of drug-likeness (QED) is 0.901. The van der Waals surface area contributed by atoms with Crippen LogP contribution in [-0.4, -0.2) is 12.0 Å². The van der Waals surface area contributed by atoms with E-state index in [9.17, 15) is 0 Å². The van der Waals surface area contributed by atoms with Gasteiger partial charge in [-0.15, -0.1) is 11.3 Å². The van der Waals surface area contributed by atoms with Crippen molar-refractivity contribution in [2.75, 3.05) is 7.05 Å². The Morgan fingerprint density at radius 1 is 1.26 bits per heavy atom. The predicted octanol–water partition coefficient (Wildman–Crippen LogP) is 3.50. The third-order valence-electron chi connectivity index (χ3n) is 3.94. The largest absolute Gasteiger partial charge is 0.315 e. The number of hydrogen-bond donors (Lipinski definition) is 1. The van der Waals surface area contributed by atoms with Crippen LogP contribution in [0, 0.1) is 0 Å². The number of nitrogens with zero attached hydrogens (tertiary/aromatic N) is 1.